The Labute approximate surface area is 182 Å². The van der Waals surface area contributed by atoms with Gasteiger partial charge in [-0.1, -0.05) is 6.07 Å². The molecule has 3 heterocycles. The molecule has 3 aromatic rings. The van der Waals surface area contributed by atoms with Crippen LogP contribution < -0.4 is 5.32 Å². The molecular formula is C23H20F3N5O. The molecule has 0 spiro atoms. The van der Waals surface area contributed by atoms with Crippen LogP contribution in [0.5, 0.6) is 0 Å². The molecule has 2 aromatic heterocycles. The summed E-state index contributed by atoms with van der Waals surface area (Å²) in [4.78, 5) is 16.3. The Morgan fingerprint density at radius 1 is 1.25 bits per heavy atom. The smallest absolute Gasteiger partial charge is 0.344 e. The maximum atomic E-state index is 13.2. The molecule has 4 rings (SSSR count). The quantitative estimate of drug-likeness (QED) is 0.636. The molecule has 0 saturated carbocycles. The van der Waals surface area contributed by atoms with E-state index in [9.17, 15) is 18.0 Å². The molecule has 1 atom stereocenters. The maximum absolute atomic E-state index is 13.2. The Morgan fingerprint density at radius 3 is 2.81 bits per heavy atom. The number of aromatic nitrogens is 3. The van der Waals surface area contributed by atoms with Crippen molar-refractivity contribution in [2.24, 2.45) is 0 Å². The maximum Gasteiger partial charge on any atom is 0.433 e. The molecule has 9 heteroatoms. The van der Waals surface area contributed by atoms with Crippen molar-refractivity contribution in [3.05, 3.63) is 70.7 Å². The van der Waals surface area contributed by atoms with Gasteiger partial charge in [0.05, 0.1) is 29.1 Å². The van der Waals surface area contributed by atoms with Gasteiger partial charge in [0, 0.05) is 23.9 Å². The average molecular weight is 439 g/mol. The molecule has 1 aliphatic heterocycles. The van der Waals surface area contributed by atoms with Gasteiger partial charge in [-0.3, -0.25) is 14.5 Å². The fourth-order valence-corrected chi connectivity index (χ4v) is 3.85. The first-order chi connectivity index (χ1) is 15.3. The lowest BCUT2D eigenvalue weighted by molar-refractivity contribution is -0.141. The highest BCUT2D eigenvalue weighted by Gasteiger charge is 2.33. The van der Waals surface area contributed by atoms with Crippen LogP contribution in [0.2, 0.25) is 0 Å². The highest BCUT2D eigenvalue weighted by molar-refractivity contribution is 5.94. The zero-order chi connectivity index (χ0) is 22.9. The topological polar surface area (TPSA) is 83.6 Å². The standard InChI is InChI=1S/C23H20F3N5O/c1-14-13-28-21(23(24,25)26)10-17(14)19-11-20-18(7-2-3-8-31(20)30-19)29-22(32)16-6-4-5-15(9-16)12-27/h4-6,9-11,13,18H,2-3,7-8H2,1H3,(H,29,32)/t18-/m0/s1. The van der Waals surface area contributed by atoms with Crippen molar-refractivity contribution < 1.29 is 18.0 Å². The van der Waals surface area contributed by atoms with Gasteiger partial charge >= 0.3 is 6.18 Å². The van der Waals surface area contributed by atoms with E-state index in [1.54, 1.807) is 35.9 Å². The van der Waals surface area contributed by atoms with Crippen LogP contribution >= 0.6 is 0 Å². The number of hydrogen-bond donors (Lipinski definition) is 1. The van der Waals surface area contributed by atoms with E-state index in [-0.39, 0.29) is 11.9 Å². The van der Waals surface area contributed by atoms with Crippen LogP contribution in [0.15, 0.2) is 42.6 Å². The predicted octanol–water partition coefficient (Wildman–Crippen LogP) is 4.80. The van der Waals surface area contributed by atoms with Crippen LogP contribution in [0.1, 0.15) is 58.2 Å². The van der Waals surface area contributed by atoms with Crippen LogP contribution in [0.3, 0.4) is 0 Å². The Bertz CT molecular complexity index is 1210. The van der Waals surface area contributed by atoms with Crippen LogP contribution in [0.4, 0.5) is 13.2 Å². The number of fused-ring (bicyclic) bond motifs is 1. The van der Waals surface area contributed by atoms with E-state index < -0.39 is 11.9 Å². The van der Waals surface area contributed by atoms with Crippen molar-refractivity contribution in [1.82, 2.24) is 20.1 Å². The van der Waals surface area contributed by atoms with Gasteiger partial charge in [0.15, 0.2) is 0 Å². The third-order valence-corrected chi connectivity index (χ3v) is 5.51. The molecule has 0 fully saturated rings. The highest BCUT2D eigenvalue weighted by atomic mass is 19.4. The minimum absolute atomic E-state index is 0.317. The lowest BCUT2D eigenvalue weighted by Crippen LogP contribution is -2.29. The number of nitriles is 1. The molecule has 1 aliphatic rings. The molecular weight excluding hydrogens is 419 g/mol. The van der Waals surface area contributed by atoms with Crippen molar-refractivity contribution in [1.29, 1.82) is 5.26 Å². The first-order valence-electron chi connectivity index (χ1n) is 10.2. The minimum atomic E-state index is -4.55. The second-order valence-electron chi connectivity index (χ2n) is 7.77. The summed E-state index contributed by atoms with van der Waals surface area (Å²) in [6.07, 6.45) is -0.961. The number of halogens is 3. The lowest BCUT2D eigenvalue weighted by Gasteiger charge is -2.17. The molecule has 0 aliphatic carbocycles. The van der Waals surface area contributed by atoms with Gasteiger partial charge in [-0.25, -0.2) is 0 Å². The van der Waals surface area contributed by atoms with Gasteiger partial charge in [-0.05, 0) is 62.1 Å². The third-order valence-electron chi connectivity index (χ3n) is 5.51. The summed E-state index contributed by atoms with van der Waals surface area (Å²) in [5.74, 6) is -0.317. The van der Waals surface area contributed by atoms with Crippen LogP contribution in [-0.4, -0.2) is 20.7 Å². The van der Waals surface area contributed by atoms with Crippen molar-refractivity contribution in [3.63, 3.8) is 0 Å². The summed E-state index contributed by atoms with van der Waals surface area (Å²) in [5, 5.41) is 16.6. The number of benzene rings is 1. The second-order valence-corrected chi connectivity index (χ2v) is 7.77. The first kappa shape index (κ1) is 21.6. The van der Waals surface area contributed by atoms with Crippen molar-refractivity contribution >= 4 is 5.91 Å². The van der Waals surface area contributed by atoms with Gasteiger partial charge < -0.3 is 5.32 Å². The molecule has 0 unspecified atom stereocenters. The third kappa shape index (κ3) is 4.35. The molecule has 1 amide bonds. The summed E-state index contributed by atoms with van der Waals surface area (Å²) < 4.78 is 41.2. The molecule has 164 valence electrons. The number of hydrogen-bond acceptors (Lipinski definition) is 4. The number of carbonyl (C=O) groups is 1. The summed E-state index contributed by atoms with van der Waals surface area (Å²) in [6.45, 7) is 2.30. The Balaban J connectivity index is 1.67. The van der Waals surface area contributed by atoms with Gasteiger partial charge in [0.25, 0.3) is 5.91 Å². The number of alkyl halides is 3. The summed E-state index contributed by atoms with van der Waals surface area (Å²) in [5.41, 5.74) is 1.90. The zero-order valence-corrected chi connectivity index (χ0v) is 17.3. The van der Waals surface area contributed by atoms with Gasteiger partial charge in [-0.2, -0.15) is 23.5 Å². The number of amides is 1. The number of aryl methyl sites for hydroxylation is 2. The average Bonchev–Trinajstić information content (AvgIpc) is 3.10. The van der Waals surface area contributed by atoms with Crippen LogP contribution in [0.25, 0.3) is 11.3 Å². The molecule has 1 aromatic carbocycles. The Morgan fingerprint density at radius 2 is 2.06 bits per heavy atom. The normalized spacial score (nSPS) is 16.0. The lowest BCUT2D eigenvalue weighted by atomic mass is 10.0. The summed E-state index contributed by atoms with van der Waals surface area (Å²) in [7, 11) is 0. The summed E-state index contributed by atoms with van der Waals surface area (Å²) >= 11 is 0. The number of rotatable bonds is 3. The van der Waals surface area contributed by atoms with E-state index in [1.165, 1.54) is 12.3 Å². The van der Waals surface area contributed by atoms with Crippen molar-refractivity contribution in [3.8, 4) is 17.3 Å². The van der Waals surface area contributed by atoms with E-state index in [0.717, 1.165) is 24.6 Å². The largest absolute Gasteiger partial charge is 0.433 e. The van der Waals surface area contributed by atoms with E-state index >= 15 is 0 Å². The molecule has 1 N–H and O–H groups in total. The van der Waals surface area contributed by atoms with Crippen molar-refractivity contribution in [2.75, 3.05) is 0 Å². The second kappa shape index (κ2) is 8.46. The van der Waals surface area contributed by atoms with Crippen molar-refractivity contribution in [2.45, 2.75) is 44.9 Å². The predicted molar refractivity (Wildman–Crippen MR) is 110 cm³/mol. The van der Waals surface area contributed by atoms with E-state index in [4.69, 9.17) is 5.26 Å². The molecule has 32 heavy (non-hydrogen) atoms. The van der Waals surface area contributed by atoms with E-state index in [0.29, 0.717) is 40.9 Å². The fourth-order valence-electron chi connectivity index (χ4n) is 3.85. The molecule has 6 nitrogen and oxygen atoms in total. The Hall–Kier alpha value is -3.67. The van der Waals surface area contributed by atoms with Crippen LogP contribution in [-0.2, 0) is 12.7 Å². The van der Waals surface area contributed by atoms with Gasteiger partial charge in [0.1, 0.15) is 5.69 Å². The number of carbonyl (C=O) groups excluding carboxylic acids is 1. The fraction of sp³-hybridized carbons (Fsp3) is 0.304. The number of nitrogens with zero attached hydrogens (tertiary/aromatic N) is 4. The monoisotopic (exact) mass is 439 g/mol. The molecule has 0 saturated heterocycles. The number of pyridine rings is 1. The molecule has 0 radical (unpaired) electrons. The molecule has 0 bridgehead atoms. The first-order valence-corrected chi connectivity index (χ1v) is 10.2. The van der Waals surface area contributed by atoms with E-state index in [1.807, 2.05) is 6.07 Å². The highest BCUT2D eigenvalue weighted by Crippen LogP contribution is 2.34. The van der Waals surface area contributed by atoms with Crippen LogP contribution in [0, 0.1) is 18.3 Å². The number of nitrogens with one attached hydrogen (secondary N) is 1. The van der Waals surface area contributed by atoms with E-state index in [2.05, 4.69) is 15.4 Å². The zero-order valence-electron chi connectivity index (χ0n) is 17.3. The van der Waals surface area contributed by atoms with Gasteiger partial charge in [-0.15, -0.1) is 0 Å². The van der Waals surface area contributed by atoms with Gasteiger partial charge in [0.2, 0.25) is 0 Å². The minimum Gasteiger partial charge on any atom is -0.344 e. The summed E-state index contributed by atoms with van der Waals surface area (Å²) in [6, 6.07) is 10.8. The SMILES string of the molecule is Cc1cnc(C(F)(F)F)cc1-c1cc2n(n1)CCCC[C@@H]2NC(=O)c1cccc(C#N)c1. The Kier molecular flexibility index (Phi) is 5.70.